The molecule has 0 unspecified atom stereocenters. The molecule has 2 N–H and O–H groups in total. The Morgan fingerprint density at radius 3 is 2.94 bits per heavy atom. The summed E-state index contributed by atoms with van der Waals surface area (Å²) in [6, 6.07) is 3.79. The average Bonchev–Trinajstić information content (AvgIpc) is 2.70. The Balaban J connectivity index is 2.38. The van der Waals surface area contributed by atoms with E-state index in [-0.39, 0.29) is 0 Å². The number of nitrogens with zero attached hydrogens (tertiary/aromatic N) is 5. The molecule has 84 valence electrons. The Labute approximate surface area is 97.1 Å². The lowest BCUT2D eigenvalue weighted by Gasteiger charge is -1.97. The van der Waals surface area contributed by atoms with Crippen molar-refractivity contribution in [2.45, 2.75) is 0 Å². The fourth-order valence-electron chi connectivity index (χ4n) is 1.81. The van der Waals surface area contributed by atoms with Gasteiger partial charge in [-0.15, -0.1) is 0 Å². The van der Waals surface area contributed by atoms with Gasteiger partial charge in [-0.25, -0.2) is 14.6 Å². The summed E-state index contributed by atoms with van der Waals surface area (Å²) in [5.41, 5.74) is 8.26. The fraction of sp³-hybridized carbons (Fsp3) is 0.0909. The van der Waals surface area contributed by atoms with Gasteiger partial charge in [-0.3, -0.25) is 4.98 Å². The molecule has 3 heterocycles. The fourth-order valence-corrected chi connectivity index (χ4v) is 1.81. The summed E-state index contributed by atoms with van der Waals surface area (Å²) < 4.78 is 1.69. The van der Waals surface area contributed by atoms with Crippen molar-refractivity contribution < 1.29 is 0 Å². The molecule has 6 heteroatoms. The van der Waals surface area contributed by atoms with Crippen LogP contribution in [0.3, 0.4) is 0 Å². The van der Waals surface area contributed by atoms with Gasteiger partial charge in [-0.1, -0.05) is 0 Å². The van der Waals surface area contributed by atoms with Gasteiger partial charge in [0.15, 0.2) is 5.65 Å². The molecule has 0 fully saturated rings. The molecule has 0 spiro atoms. The molecule has 0 atom stereocenters. The standard InChI is InChI=1S/C11H10N6/c1-17-11-8(10(12)14-6-15-11)9(16-17)7-3-2-4-13-5-7/h2-6H,1H3,(H2,12,14,15). The molecule has 0 aliphatic rings. The topological polar surface area (TPSA) is 82.5 Å². The van der Waals surface area contributed by atoms with E-state index < -0.39 is 0 Å². The van der Waals surface area contributed by atoms with Gasteiger partial charge in [-0.05, 0) is 12.1 Å². The number of aryl methyl sites for hydroxylation is 1. The lowest BCUT2D eigenvalue weighted by atomic mass is 10.1. The molecule has 0 aliphatic carbocycles. The molecule has 0 aliphatic heterocycles. The number of nitrogen functional groups attached to an aromatic ring is 1. The summed E-state index contributed by atoms with van der Waals surface area (Å²) in [5, 5.41) is 5.18. The molecule has 0 bridgehead atoms. The number of hydrogen-bond acceptors (Lipinski definition) is 5. The normalized spacial score (nSPS) is 10.9. The third kappa shape index (κ3) is 1.42. The van der Waals surface area contributed by atoms with Crippen LogP contribution in [0, 0.1) is 0 Å². The van der Waals surface area contributed by atoms with Gasteiger partial charge in [-0.2, -0.15) is 5.10 Å². The van der Waals surface area contributed by atoms with Gasteiger partial charge in [0.1, 0.15) is 17.8 Å². The van der Waals surface area contributed by atoms with Crippen LogP contribution in [0.2, 0.25) is 0 Å². The summed E-state index contributed by atoms with van der Waals surface area (Å²) >= 11 is 0. The SMILES string of the molecule is Cn1nc(-c2cccnc2)c2c(N)ncnc21. The lowest BCUT2D eigenvalue weighted by Crippen LogP contribution is -1.95. The minimum atomic E-state index is 0.432. The van der Waals surface area contributed by atoms with Crippen molar-refractivity contribution in [3.05, 3.63) is 30.9 Å². The maximum absolute atomic E-state index is 5.88. The highest BCUT2D eigenvalue weighted by Gasteiger charge is 2.14. The molecule has 0 saturated heterocycles. The predicted octanol–water partition coefficient (Wildman–Crippen LogP) is 1.01. The van der Waals surface area contributed by atoms with Gasteiger partial charge in [0.2, 0.25) is 0 Å². The van der Waals surface area contributed by atoms with Gasteiger partial charge < -0.3 is 5.73 Å². The molecule has 0 saturated carbocycles. The van der Waals surface area contributed by atoms with Gasteiger partial charge in [0.05, 0.1) is 5.39 Å². The summed E-state index contributed by atoms with van der Waals surface area (Å²) in [7, 11) is 1.83. The zero-order valence-electron chi connectivity index (χ0n) is 9.20. The second-order valence-electron chi connectivity index (χ2n) is 3.67. The zero-order valence-corrected chi connectivity index (χ0v) is 9.20. The van der Waals surface area contributed by atoms with Crippen LogP contribution in [0.5, 0.6) is 0 Å². The molecule has 0 aromatic carbocycles. The van der Waals surface area contributed by atoms with Gasteiger partial charge >= 0.3 is 0 Å². The van der Waals surface area contributed by atoms with Gasteiger partial charge in [0.25, 0.3) is 0 Å². The van der Waals surface area contributed by atoms with Crippen molar-refractivity contribution in [3.8, 4) is 11.3 Å². The largest absolute Gasteiger partial charge is 0.383 e. The number of hydrogen-bond donors (Lipinski definition) is 1. The van der Waals surface area contributed by atoms with E-state index in [1.165, 1.54) is 6.33 Å². The van der Waals surface area contributed by atoms with Crippen LogP contribution in [0.1, 0.15) is 0 Å². The zero-order chi connectivity index (χ0) is 11.8. The van der Waals surface area contributed by atoms with E-state index in [1.807, 2.05) is 19.2 Å². The quantitative estimate of drug-likeness (QED) is 0.669. The highest BCUT2D eigenvalue weighted by Crippen LogP contribution is 2.28. The van der Waals surface area contributed by atoms with Crippen molar-refractivity contribution in [3.63, 3.8) is 0 Å². The van der Waals surface area contributed by atoms with Crippen LogP contribution in [0.25, 0.3) is 22.3 Å². The third-order valence-corrected chi connectivity index (χ3v) is 2.58. The lowest BCUT2D eigenvalue weighted by molar-refractivity contribution is 0.788. The minimum absolute atomic E-state index is 0.432. The van der Waals surface area contributed by atoms with Crippen LogP contribution >= 0.6 is 0 Å². The maximum Gasteiger partial charge on any atom is 0.163 e. The smallest absolute Gasteiger partial charge is 0.163 e. The molecule has 0 amide bonds. The van der Waals surface area contributed by atoms with E-state index in [4.69, 9.17) is 5.73 Å². The van der Waals surface area contributed by atoms with Crippen molar-refractivity contribution in [1.29, 1.82) is 0 Å². The van der Waals surface area contributed by atoms with Gasteiger partial charge in [0, 0.05) is 25.0 Å². The summed E-state index contributed by atoms with van der Waals surface area (Å²) in [4.78, 5) is 12.3. The van der Waals surface area contributed by atoms with E-state index in [0.717, 1.165) is 22.3 Å². The third-order valence-electron chi connectivity index (χ3n) is 2.58. The van der Waals surface area contributed by atoms with Crippen molar-refractivity contribution in [1.82, 2.24) is 24.7 Å². The van der Waals surface area contributed by atoms with Crippen molar-refractivity contribution in [2.75, 3.05) is 5.73 Å². The molecule has 3 aromatic rings. The first kappa shape index (κ1) is 9.71. The first-order valence-electron chi connectivity index (χ1n) is 5.11. The summed E-state index contributed by atoms with van der Waals surface area (Å²) in [5.74, 6) is 0.432. The van der Waals surface area contributed by atoms with Crippen molar-refractivity contribution >= 4 is 16.9 Å². The van der Waals surface area contributed by atoms with E-state index in [0.29, 0.717) is 5.82 Å². The Morgan fingerprint density at radius 2 is 2.18 bits per heavy atom. The van der Waals surface area contributed by atoms with E-state index in [1.54, 1.807) is 17.1 Å². The Bertz CT molecular complexity index is 673. The summed E-state index contributed by atoms with van der Waals surface area (Å²) in [6.07, 6.45) is 4.90. The molecular formula is C11H10N6. The number of rotatable bonds is 1. The Kier molecular flexibility index (Phi) is 2.01. The molecule has 17 heavy (non-hydrogen) atoms. The molecule has 0 radical (unpaired) electrons. The predicted molar refractivity (Wildman–Crippen MR) is 63.9 cm³/mol. The second-order valence-corrected chi connectivity index (χ2v) is 3.67. The van der Waals surface area contributed by atoms with Crippen LogP contribution in [-0.2, 0) is 7.05 Å². The van der Waals surface area contributed by atoms with Crippen LogP contribution in [0.15, 0.2) is 30.9 Å². The van der Waals surface area contributed by atoms with E-state index in [2.05, 4.69) is 20.1 Å². The van der Waals surface area contributed by atoms with Crippen LogP contribution in [0.4, 0.5) is 5.82 Å². The Morgan fingerprint density at radius 1 is 1.29 bits per heavy atom. The first-order chi connectivity index (χ1) is 8.27. The molecular weight excluding hydrogens is 216 g/mol. The highest BCUT2D eigenvalue weighted by molar-refractivity contribution is 5.97. The number of aromatic nitrogens is 5. The minimum Gasteiger partial charge on any atom is -0.383 e. The first-order valence-corrected chi connectivity index (χ1v) is 5.11. The number of anilines is 1. The van der Waals surface area contributed by atoms with Crippen LogP contribution in [-0.4, -0.2) is 24.7 Å². The van der Waals surface area contributed by atoms with E-state index >= 15 is 0 Å². The van der Waals surface area contributed by atoms with Crippen molar-refractivity contribution in [2.24, 2.45) is 7.05 Å². The highest BCUT2D eigenvalue weighted by atomic mass is 15.3. The van der Waals surface area contributed by atoms with E-state index in [9.17, 15) is 0 Å². The monoisotopic (exact) mass is 226 g/mol. The average molecular weight is 226 g/mol. The molecule has 3 aromatic heterocycles. The Hall–Kier alpha value is -2.50. The molecule has 3 rings (SSSR count). The number of nitrogens with two attached hydrogens (primary N) is 1. The summed E-state index contributed by atoms with van der Waals surface area (Å²) in [6.45, 7) is 0. The number of fused-ring (bicyclic) bond motifs is 1. The molecule has 6 nitrogen and oxygen atoms in total. The second kappa shape index (κ2) is 3.51. The maximum atomic E-state index is 5.88. The van der Waals surface area contributed by atoms with Crippen LogP contribution < -0.4 is 5.73 Å². The number of pyridine rings is 1.